The van der Waals surface area contributed by atoms with Crippen molar-refractivity contribution in [3.05, 3.63) is 89.5 Å². The molecule has 0 spiro atoms. The Morgan fingerprint density at radius 1 is 0.926 bits per heavy atom. The van der Waals surface area contributed by atoms with Gasteiger partial charge >= 0.3 is 0 Å². The van der Waals surface area contributed by atoms with E-state index in [0.29, 0.717) is 23.7 Å². The number of anilines is 1. The van der Waals surface area contributed by atoms with E-state index in [1.807, 2.05) is 49.4 Å². The third kappa shape index (κ3) is 4.67. The van der Waals surface area contributed by atoms with Crippen molar-refractivity contribution in [2.75, 3.05) is 19.0 Å². The van der Waals surface area contributed by atoms with Gasteiger partial charge in [-0.15, -0.1) is 0 Å². The van der Waals surface area contributed by atoms with Gasteiger partial charge in [0, 0.05) is 11.3 Å². The molecule has 0 unspecified atom stereocenters. The van der Waals surface area contributed by atoms with Gasteiger partial charge in [0.1, 0.15) is 0 Å². The average Bonchev–Trinajstić information content (AvgIpc) is 2.70. The summed E-state index contributed by atoms with van der Waals surface area (Å²) in [5.74, 6) is 0.986. The number of nitrogens with one attached hydrogen (secondary N) is 1. The van der Waals surface area contributed by atoms with Crippen LogP contribution in [0.2, 0.25) is 0 Å². The predicted molar refractivity (Wildman–Crippen MR) is 108 cm³/mol. The van der Waals surface area contributed by atoms with E-state index >= 15 is 0 Å². The zero-order valence-electron chi connectivity index (χ0n) is 15.6. The molecule has 1 N–H and O–H groups in total. The van der Waals surface area contributed by atoms with Crippen LogP contribution in [0.4, 0.5) is 5.69 Å². The molecule has 0 aromatic heterocycles. The zero-order valence-corrected chi connectivity index (χ0v) is 15.6. The molecule has 0 aliphatic carbocycles. The standard InChI is InChI=1S/C23H23NO3/c1-3-27-21-14-13-19(16-22(21)26-2)23(25)24-20-12-8-7-11-18(20)15-17-9-5-4-6-10-17/h4-14,16H,3,15H2,1-2H3,(H,24,25). The largest absolute Gasteiger partial charge is 0.493 e. The van der Waals surface area contributed by atoms with Crippen LogP contribution in [0.15, 0.2) is 72.8 Å². The first-order chi connectivity index (χ1) is 13.2. The van der Waals surface area contributed by atoms with Gasteiger partial charge in [-0.3, -0.25) is 4.79 Å². The van der Waals surface area contributed by atoms with Crippen molar-refractivity contribution in [3.8, 4) is 11.5 Å². The fraction of sp³-hybridized carbons (Fsp3) is 0.174. The van der Waals surface area contributed by atoms with Crippen molar-refractivity contribution in [2.24, 2.45) is 0 Å². The number of rotatable bonds is 7. The van der Waals surface area contributed by atoms with Crippen LogP contribution in [-0.2, 0) is 6.42 Å². The molecule has 0 atom stereocenters. The van der Waals surface area contributed by atoms with Gasteiger partial charge in [-0.2, -0.15) is 0 Å². The highest BCUT2D eigenvalue weighted by molar-refractivity contribution is 6.05. The number of para-hydroxylation sites is 1. The topological polar surface area (TPSA) is 47.6 Å². The van der Waals surface area contributed by atoms with Gasteiger partial charge in [0.15, 0.2) is 11.5 Å². The molecule has 0 bridgehead atoms. The lowest BCUT2D eigenvalue weighted by Gasteiger charge is -2.13. The second kappa shape index (κ2) is 8.90. The molecule has 0 radical (unpaired) electrons. The van der Waals surface area contributed by atoms with Crippen LogP contribution in [0, 0.1) is 0 Å². The zero-order chi connectivity index (χ0) is 19.1. The molecule has 3 rings (SSSR count). The Kier molecular flexibility index (Phi) is 6.10. The van der Waals surface area contributed by atoms with E-state index < -0.39 is 0 Å². The molecule has 0 aliphatic rings. The minimum atomic E-state index is -0.183. The molecule has 138 valence electrons. The molecular weight excluding hydrogens is 338 g/mol. The van der Waals surface area contributed by atoms with Crippen LogP contribution in [0.3, 0.4) is 0 Å². The molecular formula is C23H23NO3. The van der Waals surface area contributed by atoms with Gasteiger partial charge in [0.2, 0.25) is 0 Å². The molecule has 1 amide bonds. The average molecular weight is 361 g/mol. The third-order valence-corrected chi connectivity index (χ3v) is 4.23. The molecule has 3 aromatic carbocycles. The van der Waals surface area contributed by atoms with Crippen molar-refractivity contribution >= 4 is 11.6 Å². The lowest BCUT2D eigenvalue weighted by atomic mass is 10.0. The van der Waals surface area contributed by atoms with Gasteiger partial charge in [0.05, 0.1) is 13.7 Å². The lowest BCUT2D eigenvalue weighted by Crippen LogP contribution is -2.13. The van der Waals surface area contributed by atoms with Crippen LogP contribution < -0.4 is 14.8 Å². The number of carbonyl (C=O) groups is 1. The molecule has 0 fully saturated rings. The Bertz CT molecular complexity index is 907. The number of ether oxygens (including phenoxy) is 2. The van der Waals surface area contributed by atoms with E-state index in [1.165, 1.54) is 5.56 Å². The van der Waals surface area contributed by atoms with Crippen LogP contribution in [0.5, 0.6) is 11.5 Å². The predicted octanol–water partition coefficient (Wildman–Crippen LogP) is 4.94. The van der Waals surface area contributed by atoms with Crippen LogP contribution >= 0.6 is 0 Å². The van der Waals surface area contributed by atoms with E-state index in [9.17, 15) is 4.79 Å². The summed E-state index contributed by atoms with van der Waals surface area (Å²) in [7, 11) is 1.56. The van der Waals surface area contributed by atoms with Crippen molar-refractivity contribution < 1.29 is 14.3 Å². The Balaban J connectivity index is 1.80. The molecule has 4 nitrogen and oxygen atoms in total. The van der Waals surface area contributed by atoms with E-state index in [0.717, 1.165) is 17.7 Å². The highest BCUT2D eigenvalue weighted by Crippen LogP contribution is 2.28. The van der Waals surface area contributed by atoms with E-state index in [-0.39, 0.29) is 5.91 Å². The Morgan fingerprint density at radius 2 is 1.67 bits per heavy atom. The molecule has 0 saturated heterocycles. The summed E-state index contributed by atoms with van der Waals surface area (Å²) in [5, 5.41) is 3.01. The third-order valence-electron chi connectivity index (χ3n) is 4.23. The second-order valence-electron chi connectivity index (χ2n) is 6.07. The maximum atomic E-state index is 12.7. The lowest BCUT2D eigenvalue weighted by molar-refractivity contribution is 0.102. The molecule has 4 heteroatoms. The summed E-state index contributed by atoms with van der Waals surface area (Å²) in [6, 6.07) is 23.2. The normalized spacial score (nSPS) is 10.3. The second-order valence-corrected chi connectivity index (χ2v) is 6.07. The van der Waals surface area contributed by atoms with Gasteiger partial charge in [0.25, 0.3) is 5.91 Å². The highest BCUT2D eigenvalue weighted by atomic mass is 16.5. The van der Waals surface area contributed by atoms with Crippen LogP contribution in [0.1, 0.15) is 28.4 Å². The van der Waals surface area contributed by atoms with Crippen molar-refractivity contribution in [1.82, 2.24) is 0 Å². The van der Waals surface area contributed by atoms with Crippen molar-refractivity contribution in [1.29, 1.82) is 0 Å². The molecule has 0 saturated carbocycles. The fourth-order valence-electron chi connectivity index (χ4n) is 2.89. The van der Waals surface area contributed by atoms with E-state index in [2.05, 4.69) is 17.4 Å². The highest BCUT2D eigenvalue weighted by Gasteiger charge is 2.13. The first-order valence-electron chi connectivity index (χ1n) is 8.95. The van der Waals surface area contributed by atoms with Gasteiger partial charge in [-0.1, -0.05) is 48.5 Å². The number of carbonyl (C=O) groups excluding carboxylic acids is 1. The molecule has 0 heterocycles. The quantitative estimate of drug-likeness (QED) is 0.649. The monoisotopic (exact) mass is 361 g/mol. The summed E-state index contributed by atoms with van der Waals surface area (Å²) >= 11 is 0. The smallest absolute Gasteiger partial charge is 0.255 e. The summed E-state index contributed by atoms with van der Waals surface area (Å²) in [4.78, 5) is 12.7. The van der Waals surface area contributed by atoms with Gasteiger partial charge in [-0.05, 0) is 48.7 Å². The Labute approximate surface area is 159 Å². The summed E-state index contributed by atoms with van der Waals surface area (Å²) in [6.45, 7) is 2.44. The number of hydrogen-bond donors (Lipinski definition) is 1. The summed E-state index contributed by atoms with van der Waals surface area (Å²) in [6.07, 6.45) is 0.754. The SMILES string of the molecule is CCOc1ccc(C(=O)Nc2ccccc2Cc2ccccc2)cc1OC. The first kappa shape index (κ1) is 18.5. The maximum absolute atomic E-state index is 12.7. The van der Waals surface area contributed by atoms with Crippen molar-refractivity contribution in [3.63, 3.8) is 0 Å². The van der Waals surface area contributed by atoms with Gasteiger partial charge < -0.3 is 14.8 Å². The van der Waals surface area contributed by atoms with Crippen LogP contribution in [0.25, 0.3) is 0 Å². The number of methoxy groups -OCH3 is 1. The van der Waals surface area contributed by atoms with E-state index in [4.69, 9.17) is 9.47 Å². The maximum Gasteiger partial charge on any atom is 0.255 e. The molecule has 0 aliphatic heterocycles. The minimum absolute atomic E-state index is 0.183. The van der Waals surface area contributed by atoms with Gasteiger partial charge in [-0.25, -0.2) is 0 Å². The molecule has 27 heavy (non-hydrogen) atoms. The van der Waals surface area contributed by atoms with Crippen LogP contribution in [-0.4, -0.2) is 19.6 Å². The Morgan fingerprint density at radius 3 is 2.41 bits per heavy atom. The fourth-order valence-corrected chi connectivity index (χ4v) is 2.89. The minimum Gasteiger partial charge on any atom is -0.493 e. The molecule has 3 aromatic rings. The Hall–Kier alpha value is -3.27. The number of amides is 1. The number of hydrogen-bond acceptors (Lipinski definition) is 3. The summed E-state index contributed by atoms with van der Waals surface area (Å²) < 4.78 is 10.8. The summed E-state index contributed by atoms with van der Waals surface area (Å²) in [5.41, 5.74) is 3.58. The van der Waals surface area contributed by atoms with E-state index in [1.54, 1.807) is 25.3 Å². The number of benzene rings is 3. The first-order valence-corrected chi connectivity index (χ1v) is 8.95. The van der Waals surface area contributed by atoms with Crippen molar-refractivity contribution in [2.45, 2.75) is 13.3 Å².